The number of nitrogens with one attached hydrogen (secondary N) is 1. The molecule has 0 aromatic heterocycles. The molecule has 3 rings (SSSR count). The molecule has 6 nitrogen and oxygen atoms in total. The standard InChI is InChI=1S/C22H26ClFN2O4S/c1-15(14-27)25-22(28)16-6-10-18(11-7-16)26(21-5-3-2-4-20(21)24)31(29,30)19-12-8-17(23)9-13-19/h6-13,15,20-21,27H,2-5,14H2,1H3,(H,25,28)/t15-,20?,21?/m0/s1. The zero-order valence-corrected chi connectivity index (χ0v) is 18.7. The monoisotopic (exact) mass is 468 g/mol. The molecule has 2 aromatic carbocycles. The summed E-state index contributed by atoms with van der Waals surface area (Å²) in [5, 5.41) is 12.1. The third-order valence-electron chi connectivity index (χ3n) is 5.35. The number of amides is 1. The molecule has 1 aliphatic rings. The number of anilines is 1. The minimum Gasteiger partial charge on any atom is -0.394 e. The van der Waals surface area contributed by atoms with Crippen LogP contribution in [-0.2, 0) is 10.0 Å². The molecule has 0 radical (unpaired) electrons. The fraction of sp³-hybridized carbons (Fsp3) is 0.409. The first-order valence-corrected chi connectivity index (χ1v) is 12.0. The topological polar surface area (TPSA) is 86.7 Å². The Morgan fingerprint density at radius 2 is 1.77 bits per heavy atom. The van der Waals surface area contributed by atoms with Crippen molar-refractivity contribution in [3.8, 4) is 0 Å². The molecule has 0 aliphatic heterocycles. The summed E-state index contributed by atoms with van der Waals surface area (Å²) < 4.78 is 43.0. The first-order chi connectivity index (χ1) is 14.7. The second-order valence-electron chi connectivity index (χ2n) is 7.73. The predicted molar refractivity (Wildman–Crippen MR) is 119 cm³/mol. The summed E-state index contributed by atoms with van der Waals surface area (Å²) in [6.45, 7) is 1.47. The Hall–Kier alpha value is -2.16. The van der Waals surface area contributed by atoms with Gasteiger partial charge in [0.05, 0.1) is 23.2 Å². The lowest BCUT2D eigenvalue weighted by Gasteiger charge is -2.37. The molecule has 0 saturated heterocycles. The summed E-state index contributed by atoms with van der Waals surface area (Å²) >= 11 is 5.90. The first kappa shape index (κ1) is 23.5. The van der Waals surface area contributed by atoms with Gasteiger partial charge in [-0.15, -0.1) is 0 Å². The number of nitrogens with zero attached hydrogens (tertiary/aromatic N) is 1. The number of hydrogen-bond acceptors (Lipinski definition) is 4. The van der Waals surface area contributed by atoms with E-state index in [2.05, 4.69) is 5.32 Å². The van der Waals surface area contributed by atoms with E-state index < -0.39 is 28.3 Å². The average molecular weight is 469 g/mol. The lowest BCUT2D eigenvalue weighted by atomic mass is 9.93. The van der Waals surface area contributed by atoms with Gasteiger partial charge in [-0.25, -0.2) is 12.8 Å². The number of sulfonamides is 1. The van der Waals surface area contributed by atoms with E-state index in [1.54, 1.807) is 6.92 Å². The van der Waals surface area contributed by atoms with Gasteiger partial charge in [-0.05, 0) is 68.3 Å². The van der Waals surface area contributed by atoms with Crippen LogP contribution in [0.5, 0.6) is 0 Å². The first-order valence-electron chi connectivity index (χ1n) is 10.2. The molecule has 3 atom stereocenters. The minimum absolute atomic E-state index is 0.0215. The van der Waals surface area contributed by atoms with E-state index in [0.29, 0.717) is 29.8 Å². The molecule has 1 aliphatic carbocycles. The molecule has 2 N–H and O–H groups in total. The molecule has 9 heteroatoms. The van der Waals surface area contributed by atoms with Crippen LogP contribution in [0, 0.1) is 0 Å². The fourth-order valence-corrected chi connectivity index (χ4v) is 5.50. The van der Waals surface area contributed by atoms with Gasteiger partial charge < -0.3 is 10.4 Å². The van der Waals surface area contributed by atoms with Crippen molar-refractivity contribution in [2.24, 2.45) is 0 Å². The molecular formula is C22H26ClFN2O4S. The van der Waals surface area contributed by atoms with E-state index in [4.69, 9.17) is 16.7 Å². The van der Waals surface area contributed by atoms with Crippen molar-refractivity contribution < 1.29 is 22.7 Å². The minimum atomic E-state index is -4.06. The number of aliphatic hydroxyl groups is 1. The Labute approximate surface area is 187 Å². The highest BCUT2D eigenvalue weighted by molar-refractivity contribution is 7.92. The third kappa shape index (κ3) is 5.37. The van der Waals surface area contributed by atoms with Gasteiger partial charge in [-0.3, -0.25) is 9.10 Å². The summed E-state index contributed by atoms with van der Waals surface area (Å²) in [5.74, 6) is -0.388. The zero-order valence-electron chi connectivity index (χ0n) is 17.2. The van der Waals surface area contributed by atoms with Crippen molar-refractivity contribution in [3.05, 3.63) is 59.1 Å². The van der Waals surface area contributed by atoms with Crippen molar-refractivity contribution in [3.63, 3.8) is 0 Å². The van der Waals surface area contributed by atoms with Gasteiger partial charge in [0.25, 0.3) is 15.9 Å². The quantitative estimate of drug-likeness (QED) is 0.644. The van der Waals surface area contributed by atoms with Crippen LogP contribution >= 0.6 is 11.6 Å². The Morgan fingerprint density at radius 3 is 2.35 bits per heavy atom. The highest BCUT2D eigenvalue weighted by Crippen LogP contribution is 2.34. The summed E-state index contributed by atoms with van der Waals surface area (Å²) in [5.41, 5.74) is 0.601. The molecule has 0 bridgehead atoms. The Morgan fingerprint density at radius 1 is 1.16 bits per heavy atom. The molecule has 168 valence electrons. The van der Waals surface area contributed by atoms with Gasteiger partial charge >= 0.3 is 0 Å². The van der Waals surface area contributed by atoms with E-state index in [1.807, 2.05) is 0 Å². The average Bonchev–Trinajstić information content (AvgIpc) is 2.75. The van der Waals surface area contributed by atoms with E-state index in [9.17, 15) is 17.6 Å². The maximum absolute atomic E-state index is 14.9. The van der Waals surface area contributed by atoms with Crippen LogP contribution in [0.15, 0.2) is 53.4 Å². The number of carbonyl (C=O) groups excluding carboxylic acids is 1. The Bertz CT molecular complexity index is 999. The maximum atomic E-state index is 14.9. The molecule has 0 heterocycles. The van der Waals surface area contributed by atoms with Crippen molar-refractivity contribution in [2.75, 3.05) is 10.9 Å². The van der Waals surface area contributed by atoms with Gasteiger partial charge in [-0.1, -0.05) is 24.4 Å². The Balaban J connectivity index is 1.99. The van der Waals surface area contributed by atoms with Crippen molar-refractivity contribution >= 4 is 33.2 Å². The van der Waals surface area contributed by atoms with Crippen LogP contribution in [-0.4, -0.2) is 44.3 Å². The highest BCUT2D eigenvalue weighted by Gasteiger charge is 2.38. The molecular weight excluding hydrogens is 443 g/mol. The van der Waals surface area contributed by atoms with Crippen molar-refractivity contribution in [1.82, 2.24) is 5.32 Å². The summed E-state index contributed by atoms with van der Waals surface area (Å²) in [7, 11) is -4.06. The van der Waals surface area contributed by atoms with Gasteiger partial charge in [0.15, 0.2) is 0 Å². The van der Waals surface area contributed by atoms with Crippen LogP contribution in [0.3, 0.4) is 0 Å². The molecule has 0 spiro atoms. The summed E-state index contributed by atoms with van der Waals surface area (Å²) in [6, 6.07) is 10.5. The van der Waals surface area contributed by atoms with E-state index in [1.165, 1.54) is 48.5 Å². The number of hydrogen-bond donors (Lipinski definition) is 2. The number of alkyl halides is 1. The second-order valence-corrected chi connectivity index (χ2v) is 9.98. The van der Waals surface area contributed by atoms with Crippen LogP contribution in [0.1, 0.15) is 43.0 Å². The fourth-order valence-electron chi connectivity index (χ4n) is 3.67. The van der Waals surface area contributed by atoms with Gasteiger partial charge in [0, 0.05) is 16.6 Å². The lowest BCUT2D eigenvalue weighted by Crippen LogP contribution is -2.47. The van der Waals surface area contributed by atoms with Gasteiger partial charge in [-0.2, -0.15) is 0 Å². The molecule has 31 heavy (non-hydrogen) atoms. The highest BCUT2D eigenvalue weighted by atomic mass is 35.5. The maximum Gasteiger partial charge on any atom is 0.264 e. The molecule has 1 saturated carbocycles. The number of benzene rings is 2. The van der Waals surface area contributed by atoms with Gasteiger partial charge in [0.1, 0.15) is 6.17 Å². The number of carbonyl (C=O) groups is 1. The van der Waals surface area contributed by atoms with Crippen LogP contribution in [0.25, 0.3) is 0 Å². The molecule has 1 amide bonds. The zero-order chi connectivity index (χ0) is 22.6. The van der Waals surface area contributed by atoms with Crippen LogP contribution in [0.2, 0.25) is 5.02 Å². The summed E-state index contributed by atoms with van der Waals surface area (Å²) in [6.07, 6.45) is 0.872. The molecule has 2 unspecified atom stereocenters. The predicted octanol–water partition coefficient (Wildman–Crippen LogP) is 3.93. The van der Waals surface area contributed by atoms with E-state index >= 15 is 0 Å². The van der Waals surface area contributed by atoms with E-state index in [0.717, 1.165) is 10.7 Å². The Kier molecular flexibility index (Phi) is 7.56. The SMILES string of the molecule is C[C@@H](CO)NC(=O)c1ccc(N(C2CCCCC2F)S(=O)(=O)c2ccc(Cl)cc2)cc1. The second kappa shape index (κ2) is 9.97. The van der Waals surface area contributed by atoms with Gasteiger partial charge in [0.2, 0.25) is 0 Å². The summed E-state index contributed by atoms with van der Waals surface area (Å²) in [4.78, 5) is 12.3. The van der Waals surface area contributed by atoms with E-state index in [-0.39, 0.29) is 23.1 Å². The largest absolute Gasteiger partial charge is 0.394 e. The van der Waals surface area contributed by atoms with Crippen LogP contribution < -0.4 is 9.62 Å². The van der Waals surface area contributed by atoms with Crippen molar-refractivity contribution in [2.45, 2.75) is 55.8 Å². The number of aliphatic hydroxyl groups excluding tert-OH is 1. The molecule has 1 fully saturated rings. The lowest BCUT2D eigenvalue weighted by molar-refractivity contribution is 0.0922. The normalized spacial score (nSPS) is 20.1. The molecule has 2 aromatic rings. The number of halogens is 2. The number of rotatable bonds is 7. The van der Waals surface area contributed by atoms with Crippen LogP contribution in [0.4, 0.5) is 10.1 Å². The third-order valence-corrected chi connectivity index (χ3v) is 7.47. The van der Waals surface area contributed by atoms with Crippen molar-refractivity contribution in [1.29, 1.82) is 0 Å². The smallest absolute Gasteiger partial charge is 0.264 e.